The number of aliphatic carboxylic acids is 1. The molecule has 1 aromatic rings. The third-order valence-corrected chi connectivity index (χ3v) is 6.91. The zero-order valence-electron chi connectivity index (χ0n) is 21.7. The minimum Gasteiger partial charge on any atom is -0.480 e. The second kappa shape index (κ2) is 15.8. The predicted molar refractivity (Wildman–Crippen MR) is 147 cm³/mol. The molecule has 4 atom stereocenters. The van der Waals surface area contributed by atoms with Gasteiger partial charge in [-0.2, -0.15) is 11.8 Å². The summed E-state index contributed by atoms with van der Waals surface area (Å²) in [7, 11) is 0. The highest BCUT2D eigenvalue weighted by Gasteiger charge is 2.38. The van der Waals surface area contributed by atoms with Crippen LogP contribution in [0.1, 0.15) is 37.7 Å². The Labute approximate surface area is 227 Å². The standard InChI is InChI=1S/C25H39N7O5S/c1-38-14-11-17(26)21(33)31-19(15-16-7-3-2-4-8-16)22(34)30-18(9-5-12-29-25(27)28)23(35)32-13-6-10-20(32)24(36)37/h2-4,7-8,17-20H,5-6,9-15,26H2,1H3,(H,30,34)(H,31,33)(H,36,37)(H4,27,28,29). The third kappa shape index (κ3) is 9.86. The third-order valence-electron chi connectivity index (χ3n) is 6.27. The van der Waals surface area contributed by atoms with Crippen LogP contribution in [0.25, 0.3) is 0 Å². The summed E-state index contributed by atoms with van der Waals surface area (Å²) in [4.78, 5) is 56.5. The summed E-state index contributed by atoms with van der Waals surface area (Å²) < 4.78 is 0. The van der Waals surface area contributed by atoms with E-state index in [2.05, 4.69) is 15.6 Å². The van der Waals surface area contributed by atoms with Crippen molar-refractivity contribution in [1.82, 2.24) is 15.5 Å². The van der Waals surface area contributed by atoms with Crippen molar-refractivity contribution < 1.29 is 24.3 Å². The van der Waals surface area contributed by atoms with Gasteiger partial charge in [0.2, 0.25) is 17.7 Å². The minimum absolute atomic E-state index is 0.0918. The summed E-state index contributed by atoms with van der Waals surface area (Å²) in [6, 6.07) is 5.41. The van der Waals surface area contributed by atoms with E-state index in [1.165, 1.54) is 4.90 Å². The number of aliphatic imine (C=N–C) groups is 1. The largest absolute Gasteiger partial charge is 0.480 e. The Bertz CT molecular complexity index is 974. The van der Waals surface area contributed by atoms with Crippen molar-refractivity contribution in [2.45, 2.75) is 62.7 Å². The average molecular weight is 550 g/mol. The van der Waals surface area contributed by atoms with E-state index in [9.17, 15) is 24.3 Å². The van der Waals surface area contributed by atoms with E-state index in [1.807, 2.05) is 36.6 Å². The molecule has 1 aromatic carbocycles. The maximum absolute atomic E-state index is 13.5. The van der Waals surface area contributed by atoms with Crippen molar-refractivity contribution in [3.8, 4) is 0 Å². The van der Waals surface area contributed by atoms with Gasteiger partial charge in [-0.3, -0.25) is 19.4 Å². The van der Waals surface area contributed by atoms with E-state index in [0.717, 1.165) is 5.56 Å². The van der Waals surface area contributed by atoms with Crippen LogP contribution in [0.2, 0.25) is 0 Å². The van der Waals surface area contributed by atoms with Gasteiger partial charge in [0.25, 0.3) is 0 Å². The molecule has 12 nitrogen and oxygen atoms in total. The number of carboxylic acid groups (broad SMARTS) is 1. The molecule has 4 unspecified atom stereocenters. The molecule has 0 radical (unpaired) electrons. The number of carboxylic acids is 1. The molecule has 1 saturated heterocycles. The summed E-state index contributed by atoms with van der Waals surface area (Å²) in [5, 5.41) is 15.0. The van der Waals surface area contributed by atoms with Crippen LogP contribution >= 0.6 is 11.8 Å². The highest BCUT2D eigenvalue weighted by molar-refractivity contribution is 7.98. The summed E-state index contributed by atoms with van der Waals surface area (Å²) in [5.41, 5.74) is 17.6. The van der Waals surface area contributed by atoms with Gasteiger partial charge in [-0.15, -0.1) is 0 Å². The Morgan fingerprint density at radius 3 is 2.42 bits per heavy atom. The molecule has 0 aliphatic carbocycles. The molecule has 210 valence electrons. The maximum Gasteiger partial charge on any atom is 0.326 e. The first-order valence-corrected chi connectivity index (χ1v) is 14.0. The van der Waals surface area contributed by atoms with E-state index in [1.54, 1.807) is 11.8 Å². The molecule has 9 N–H and O–H groups in total. The quantitative estimate of drug-likeness (QED) is 0.0937. The zero-order chi connectivity index (χ0) is 28.1. The number of carbonyl (C=O) groups excluding carboxylic acids is 3. The van der Waals surface area contributed by atoms with Gasteiger partial charge in [0.05, 0.1) is 6.04 Å². The topological polar surface area (TPSA) is 206 Å². The van der Waals surface area contributed by atoms with E-state index in [0.29, 0.717) is 31.4 Å². The molecule has 2 rings (SSSR count). The Morgan fingerprint density at radius 1 is 1.11 bits per heavy atom. The fraction of sp³-hybridized carbons (Fsp3) is 0.560. The maximum atomic E-state index is 13.5. The van der Waals surface area contributed by atoms with Crippen molar-refractivity contribution in [2.75, 3.05) is 25.1 Å². The first-order chi connectivity index (χ1) is 18.1. The highest BCUT2D eigenvalue weighted by Crippen LogP contribution is 2.20. The molecule has 0 bridgehead atoms. The van der Waals surface area contributed by atoms with Crippen molar-refractivity contribution in [1.29, 1.82) is 0 Å². The number of rotatable bonds is 15. The van der Waals surface area contributed by atoms with Gasteiger partial charge in [-0.1, -0.05) is 30.3 Å². The number of benzene rings is 1. The van der Waals surface area contributed by atoms with Crippen LogP contribution in [0.3, 0.4) is 0 Å². The lowest BCUT2D eigenvalue weighted by Crippen LogP contribution is -2.57. The summed E-state index contributed by atoms with van der Waals surface area (Å²) in [6.45, 7) is 0.517. The number of likely N-dealkylation sites (tertiary alicyclic amines) is 1. The van der Waals surface area contributed by atoms with Crippen LogP contribution < -0.4 is 27.8 Å². The first-order valence-electron chi connectivity index (χ1n) is 12.6. The van der Waals surface area contributed by atoms with Crippen molar-refractivity contribution in [3.63, 3.8) is 0 Å². The number of hydrogen-bond acceptors (Lipinski definition) is 7. The fourth-order valence-electron chi connectivity index (χ4n) is 4.23. The van der Waals surface area contributed by atoms with Crippen LogP contribution in [0.5, 0.6) is 0 Å². The highest BCUT2D eigenvalue weighted by atomic mass is 32.2. The number of nitrogens with zero attached hydrogens (tertiary/aromatic N) is 2. The smallest absolute Gasteiger partial charge is 0.326 e. The zero-order valence-corrected chi connectivity index (χ0v) is 22.5. The van der Waals surface area contributed by atoms with Gasteiger partial charge in [0, 0.05) is 19.5 Å². The van der Waals surface area contributed by atoms with Crippen LogP contribution in [-0.2, 0) is 25.6 Å². The molecule has 0 saturated carbocycles. The molecule has 1 aliphatic heterocycles. The molecule has 1 heterocycles. The number of amides is 3. The second-order valence-electron chi connectivity index (χ2n) is 9.18. The van der Waals surface area contributed by atoms with Gasteiger partial charge in [-0.25, -0.2) is 4.79 Å². The molecule has 1 fully saturated rings. The first kappa shape index (κ1) is 30.9. The van der Waals surface area contributed by atoms with Crippen molar-refractivity contribution in [3.05, 3.63) is 35.9 Å². The number of nitrogens with two attached hydrogens (primary N) is 3. The number of thioether (sulfide) groups is 1. The molecular weight excluding hydrogens is 510 g/mol. The lowest BCUT2D eigenvalue weighted by molar-refractivity contribution is -0.149. The minimum atomic E-state index is -1.09. The van der Waals surface area contributed by atoms with E-state index in [4.69, 9.17) is 17.2 Å². The summed E-state index contributed by atoms with van der Waals surface area (Å²) >= 11 is 1.56. The van der Waals surface area contributed by atoms with Crippen LogP contribution in [0.4, 0.5) is 0 Å². The fourth-order valence-corrected chi connectivity index (χ4v) is 4.72. The second-order valence-corrected chi connectivity index (χ2v) is 10.2. The van der Waals surface area contributed by atoms with Crippen LogP contribution in [-0.4, -0.2) is 88.9 Å². The normalized spacial score (nSPS) is 17.2. The Kier molecular flexibility index (Phi) is 12.9. The molecule has 0 aromatic heterocycles. The molecule has 0 spiro atoms. The molecule has 13 heteroatoms. The number of guanidine groups is 1. The molecular formula is C25H39N7O5S. The van der Waals surface area contributed by atoms with Crippen molar-refractivity contribution >= 4 is 41.4 Å². The van der Waals surface area contributed by atoms with E-state index >= 15 is 0 Å². The van der Waals surface area contributed by atoms with Gasteiger partial charge in [0.15, 0.2) is 5.96 Å². The number of nitrogens with one attached hydrogen (secondary N) is 2. The van der Waals surface area contributed by atoms with Crippen LogP contribution in [0, 0.1) is 0 Å². The van der Waals surface area contributed by atoms with E-state index in [-0.39, 0.29) is 31.9 Å². The van der Waals surface area contributed by atoms with Crippen LogP contribution in [0.15, 0.2) is 35.3 Å². The molecule has 1 aliphatic rings. The average Bonchev–Trinajstić information content (AvgIpc) is 3.39. The molecule has 38 heavy (non-hydrogen) atoms. The van der Waals surface area contributed by atoms with Gasteiger partial charge < -0.3 is 37.8 Å². The predicted octanol–water partition coefficient (Wildman–Crippen LogP) is -0.592. The Balaban J connectivity index is 2.23. The Morgan fingerprint density at radius 2 is 1.79 bits per heavy atom. The number of carbonyl (C=O) groups is 4. The van der Waals surface area contributed by atoms with Crippen molar-refractivity contribution in [2.24, 2.45) is 22.2 Å². The van der Waals surface area contributed by atoms with Gasteiger partial charge in [0.1, 0.15) is 18.1 Å². The van der Waals surface area contributed by atoms with E-state index < -0.39 is 47.9 Å². The lowest BCUT2D eigenvalue weighted by Gasteiger charge is -2.29. The summed E-state index contributed by atoms with van der Waals surface area (Å²) in [6.07, 6.45) is 4.00. The lowest BCUT2D eigenvalue weighted by atomic mass is 10.0. The van der Waals surface area contributed by atoms with Gasteiger partial charge >= 0.3 is 5.97 Å². The summed E-state index contributed by atoms with van der Waals surface area (Å²) in [5.74, 6) is -2.01. The van der Waals surface area contributed by atoms with Gasteiger partial charge in [-0.05, 0) is 49.7 Å². The number of hydrogen-bond donors (Lipinski definition) is 6. The Hall–Kier alpha value is -3.32. The monoisotopic (exact) mass is 549 g/mol. The molecule has 3 amide bonds. The SMILES string of the molecule is CSCCC(N)C(=O)NC(Cc1ccccc1)C(=O)NC(CCCN=C(N)N)C(=O)N1CCCC1C(=O)O.